The highest BCUT2D eigenvalue weighted by molar-refractivity contribution is 7.17. The number of aryl methyl sites for hydroxylation is 1. The van der Waals surface area contributed by atoms with Gasteiger partial charge in [0.25, 0.3) is 5.78 Å². The van der Waals surface area contributed by atoms with E-state index in [0.29, 0.717) is 34.9 Å². The average molecular weight is 563 g/mol. The topological polar surface area (TPSA) is 115 Å². The summed E-state index contributed by atoms with van der Waals surface area (Å²) in [5.74, 6) is -1.60. The first-order valence-electron chi connectivity index (χ1n) is 12.7. The van der Waals surface area contributed by atoms with Gasteiger partial charge in [0.2, 0.25) is 0 Å². The van der Waals surface area contributed by atoms with Gasteiger partial charge in [-0.1, -0.05) is 61.6 Å². The monoisotopic (exact) mass is 562 g/mol. The summed E-state index contributed by atoms with van der Waals surface area (Å²) in [6, 6.07) is 12.5. The van der Waals surface area contributed by atoms with E-state index in [9.17, 15) is 19.5 Å². The number of carbonyl (C=O) groups excluding carboxylic acids is 3. The van der Waals surface area contributed by atoms with Crippen LogP contribution in [0.4, 0.5) is 5.13 Å². The van der Waals surface area contributed by atoms with E-state index in [-0.39, 0.29) is 27.9 Å². The smallest absolute Gasteiger partial charge is 0.350 e. The quantitative estimate of drug-likeness (QED) is 0.0801. The molecule has 1 amide bonds. The molecule has 1 fully saturated rings. The molecule has 10 heteroatoms. The van der Waals surface area contributed by atoms with Gasteiger partial charge in [0, 0.05) is 5.56 Å². The highest BCUT2D eigenvalue weighted by Gasteiger charge is 2.48. The number of Topliss-reactive ketones (excluding diaryl/α,β-unsaturated/α-hetero) is 1. The summed E-state index contributed by atoms with van der Waals surface area (Å²) in [7, 11) is 1.53. The molecule has 0 spiro atoms. The molecule has 0 bridgehead atoms. The molecular weight excluding hydrogens is 532 g/mol. The molecule has 1 atom stereocenters. The Labute approximate surface area is 236 Å². The Morgan fingerprint density at radius 1 is 1.18 bits per heavy atom. The van der Waals surface area contributed by atoms with Crippen LogP contribution in [0.15, 0.2) is 66.8 Å². The van der Waals surface area contributed by atoms with Gasteiger partial charge in [-0.05, 0) is 43.2 Å². The Morgan fingerprint density at radius 2 is 1.93 bits per heavy atom. The summed E-state index contributed by atoms with van der Waals surface area (Å²) in [6.07, 6.45) is 3.28. The van der Waals surface area contributed by atoms with Crippen molar-refractivity contribution in [3.63, 3.8) is 0 Å². The standard InChI is InChI=1S/C30H30N2O7S/c1-5-7-16-38-22-10-8-9-20(17-22)25(33)23-24(19-11-13-21(37-4)14-12-19)32(28(35)26(23)34)30-31-18(3)27(40-30)29(36)39-15-6-2/h6,8-14,17,24,33H,2,5,7,15-16H2,1,3-4H3. The fourth-order valence-corrected chi connectivity index (χ4v) is 5.22. The second kappa shape index (κ2) is 12.6. The highest BCUT2D eigenvalue weighted by atomic mass is 32.1. The minimum absolute atomic E-state index is 0.0170. The number of carbonyl (C=O) groups is 3. The average Bonchev–Trinajstić information content (AvgIpc) is 3.48. The molecule has 0 radical (unpaired) electrons. The molecule has 208 valence electrons. The fraction of sp³-hybridized carbons (Fsp3) is 0.267. The minimum Gasteiger partial charge on any atom is -0.507 e. The molecule has 40 heavy (non-hydrogen) atoms. The number of rotatable bonds is 11. The molecule has 1 saturated heterocycles. The molecule has 2 aromatic carbocycles. The number of benzene rings is 2. The van der Waals surface area contributed by atoms with Crippen LogP contribution < -0.4 is 14.4 Å². The third-order valence-electron chi connectivity index (χ3n) is 6.26. The molecule has 1 N–H and O–H groups in total. The van der Waals surface area contributed by atoms with Crippen molar-refractivity contribution in [1.82, 2.24) is 4.98 Å². The van der Waals surface area contributed by atoms with Crippen LogP contribution in [-0.2, 0) is 14.3 Å². The van der Waals surface area contributed by atoms with E-state index in [4.69, 9.17) is 14.2 Å². The van der Waals surface area contributed by atoms with E-state index in [1.54, 1.807) is 55.5 Å². The van der Waals surface area contributed by atoms with E-state index in [0.717, 1.165) is 24.2 Å². The molecule has 3 aromatic rings. The van der Waals surface area contributed by atoms with Gasteiger partial charge in [0.1, 0.15) is 28.7 Å². The predicted octanol–water partition coefficient (Wildman–Crippen LogP) is 5.61. The number of thiazole rings is 1. The summed E-state index contributed by atoms with van der Waals surface area (Å²) in [4.78, 5) is 45.4. The Hall–Kier alpha value is -4.44. The van der Waals surface area contributed by atoms with Crippen molar-refractivity contribution >= 4 is 39.9 Å². The van der Waals surface area contributed by atoms with Gasteiger partial charge >= 0.3 is 11.9 Å². The molecule has 4 rings (SSSR count). The SMILES string of the molecule is C=CCOC(=O)c1sc(N2C(=O)C(=O)C(=C(O)c3cccc(OCCCC)c3)C2c2ccc(OC)cc2)nc1C. The second-order valence-corrected chi connectivity index (χ2v) is 9.95. The van der Waals surface area contributed by atoms with Gasteiger partial charge < -0.3 is 19.3 Å². The van der Waals surface area contributed by atoms with Gasteiger partial charge in [0.15, 0.2) is 5.13 Å². The Morgan fingerprint density at radius 3 is 2.60 bits per heavy atom. The lowest BCUT2D eigenvalue weighted by atomic mass is 9.95. The molecule has 0 saturated carbocycles. The van der Waals surface area contributed by atoms with Crippen molar-refractivity contribution in [1.29, 1.82) is 0 Å². The Kier molecular flexibility index (Phi) is 9.00. The van der Waals surface area contributed by atoms with Crippen LogP contribution in [0.3, 0.4) is 0 Å². The van der Waals surface area contributed by atoms with Crippen LogP contribution in [0.1, 0.15) is 52.3 Å². The molecule has 1 aliphatic rings. The third-order valence-corrected chi connectivity index (χ3v) is 7.40. The van der Waals surface area contributed by atoms with E-state index in [1.165, 1.54) is 18.1 Å². The number of methoxy groups -OCH3 is 1. The van der Waals surface area contributed by atoms with Crippen LogP contribution >= 0.6 is 11.3 Å². The largest absolute Gasteiger partial charge is 0.507 e. The maximum atomic E-state index is 13.5. The van der Waals surface area contributed by atoms with E-state index >= 15 is 0 Å². The maximum absolute atomic E-state index is 13.5. The number of unbranched alkanes of at least 4 members (excludes halogenated alkanes) is 1. The lowest BCUT2D eigenvalue weighted by Crippen LogP contribution is -2.29. The number of anilines is 1. The molecule has 2 heterocycles. The second-order valence-electron chi connectivity index (χ2n) is 8.97. The van der Waals surface area contributed by atoms with Crippen LogP contribution in [0.2, 0.25) is 0 Å². The first-order valence-corrected chi connectivity index (χ1v) is 13.6. The summed E-state index contributed by atoms with van der Waals surface area (Å²) < 4.78 is 16.2. The van der Waals surface area contributed by atoms with Crippen molar-refractivity contribution in [3.8, 4) is 11.5 Å². The number of aliphatic hydroxyl groups is 1. The van der Waals surface area contributed by atoms with Gasteiger partial charge in [0.05, 0.1) is 31.0 Å². The normalized spacial score (nSPS) is 16.2. The molecule has 1 unspecified atom stereocenters. The lowest BCUT2D eigenvalue weighted by molar-refractivity contribution is -0.132. The zero-order chi connectivity index (χ0) is 28.8. The van der Waals surface area contributed by atoms with Gasteiger partial charge in [-0.2, -0.15) is 0 Å². The molecular formula is C30H30N2O7S. The third kappa shape index (κ3) is 5.76. The maximum Gasteiger partial charge on any atom is 0.350 e. The van der Waals surface area contributed by atoms with Crippen LogP contribution in [0.5, 0.6) is 11.5 Å². The lowest BCUT2D eigenvalue weighted by Gasteiger charge is -2.23. The van der Waals surface area contributed by atoms with Gasteiger partial charge in [-0.25, -0.2) is 9.78 Å². The zero-order valence-corrected chi connectivity index (χ0v) is 23.3. The minimum atomic E-state index is -1.02. The molecule has 9 nitrogen and oxygen atoms in total. The van der Waals surface area contributed by atoms with Crippen molar-refractivity contribution in [2.75, 3.05) is 25.2 Å². The molecule has 1 aromatic heterocycles. The number of aliphatic hydroxyl groups excluding tert-OH is 1. The number of hydrogen-bond acceptors (Lipinski definition) is 9. The Bertz CT molecular complexity index is 1460. The fourth-order valence-electron chi connectivity index (χ4n) is 4.23. The van der Waals surface area contributed by atoms with Crippen LogP contribution in [0.25, 0.3) is 5.76 Å². The van der Waals surface area contributed by atoms with Crippen LogP contribution in [-0.4, -0.2) is 48.1 Å². The van der Waals surface area contributed by atoms with Crippen molar-refractivity contribution in [2.24, 2.45) is 0 Å². The summed E-state index contributed by atoms with van der Waals surface area (Å²) in [5, 5.41) is 11.6. The number of amides is 1. The van der Waals surface area contributed by atoms with E-state index in [1.807, 2.05) is 0 Å². The molecule has 1 aliphatic heterocycles. The van der Waals surface area contributed by atoms with Crippen molar-refractivity contribution < 1.29 is 33.7 Å². The number of nitrogens with zero attached hydrogens (tertiary/aromatic N) is 2. The first kappa shape index (κ1) is 28.6. The number of aromatic nitrogens is 1. The summed E-state index contributed by atoms with van der Waals surface area (Å²) >= 11 is 0.934. The molecule has 0 aliphatic carbocycles. The van der Waals surface area contributed by atoms with Crippen molar-refractivity contribution in [2.45, 2.75) is 32.7 Å². The van der Waals surface area contributed by atoms with E-state index in [2.05, 4.69) is 18.5 Å². The zero-order valence-electron chi connectivity index (χ0n) is 22.5. The first-order chi connectivity index (χ1) is 19.3. The van der Waals surface area contributed by atoms with Gasteiger partial charge in [-0.3, -0.25) is 14.5 Å². The predicted molar refractivity (Wildman–Crippen MR) is 152 cm³/mol. The van der Waals surface area contributed by atoms with Crippen LogP contribution in [0, 0.1) is 6.92 Å². The number of ether oxygens (including phenoxy) is 3. The number of ketones is 1. The number of hydrogen-bond donors (Lipinski definition) is 1. The number of esters is 1. The summed E-state index contributed by atoms with van der Waals surface area (Å²) in [6.45, 7) is 7.74. The van der Waals surface area contributed by atoms with E-state index < -0.39 is 23.7 Å². The van der Waals surface area contributed by atoms with Gasteiger partial charge in [-0.15, -0.1) is 0 Å². The van der Waals surface area contributed by atoms with Crippen molar-refractivity contribution in [3.05, 3.63) is 88.5 Å². The Balaban J connectivity index is 1.83. The summed E-state index contributed by atoms with van der Waals surface area (Å²) in [5.41, 5.74) is 1.11. The highest BCUT2D eigenvalue weighted by Crippen LogP contribution is 2.44.